The summed E-state index contributed by atoms with van der Waals surface area (Å²) >= 11 is 0. The van der Waals surface area contributed by atoms with Gasteiger partial charge in [0.15, 0.2) is 0 Å². The summed E-state index contributed by atoms with van der Waals surface area (Å²) in [5.41, 5.74) is 0.969. The second-order valence-corrected chi connectivity index (χ2v) is 4.35. The van der Waals surface area contributed by atoms with Crippen molar-refractivity contribution in [2.75, 3.05) is 24.6 Å². The number of tetrazole rings is 1. The van der Waals surface area contributed by atoms with E-state index >= 15 is 0 Å². The minimum absolute atomic E-state index is 0.208. The highest BCUT2D eigenvalue weighted by atomic mass is 16.5. The molecule has 1 aromatic heterocycles. The van der Waals surface area contributed by atoms with E-state index in [0.717, 1.165) is 24.7 Å². The highest BCUT2D eigenvalue weighted by Crippen LogP contribution is 2.17. The Labute approximate surface area is 105 Å². The van der Waals surface area contributed by atoms with Crippen molar-refractivity contribution in [1.82, 2.24) is 20.2 Å². The van der Waals surface area contributed by atoms with Gasteiger partial charge in [-0.3, -0.25) is 0 Å². The van der Waals surface area contributed by atoms with Gasteiger partial charge in [0.1, 0.15) is 0 Å². The van der Waals surface area contributed by atoms with E-state index in [0.29, 0.717) is 6.61 Å². The molecular weight excluding hydrogens is 230 g/mol. The molecule has 6 nitrogen and oxygen atoms in total. The number of aromatic nitrogens is 4. The molecule has 18 heavy (non-hydrogen) atoms. The normalized spacial score (nSPS) is 20.1. The van der Waals surface area contributed by atoms with Crippen LogP contribution in [-0.2, 0) is 4.74 Å². The van der Waals surface area contributed by atoms with E-state index in [4.69, 9.17) is 4.74 Å². The van der Waals surface area contributed by atoms with Crippen LogP contribution in [0.2, 0.25) is 0 Å². The molecule has 1 atom stereocenters. The summed E-state index contributed by atoms with van der Waals surface area (Å²) in [6, 6.07) is 9.91. The lowest BCUT2D eigenvalue weighted by Crippen LogP contribution is -2.42. The lowest BCUT2D eigenvalue weighted by Gasteiger charge is -2.31. The molecule has 1 aliphatic heterocycles. The number of ether oxygens (including phenoxy) is 1. The van der Waals surface area contributed by atoms with E-state index in [-0.39, 0.29) is 6.10 Å². The van der Waals surface area contributed by atoms with Gasteiger partial charge in [-0.1, -0.05) is 23.3 Å². The van der Waals surface area contributed by atoms with E-state index in [9.17, 15) is 0 Å². The maximum Gasteiger partial charge on any atom is 0.250 e. The van der Waals surface area contributed by atoms with Gasteiger partial charge in [0, 0.05) is 13.1 Å². The van der Waals surface area contributed by atoms with E-state index in [1.807, 2.05) is 30.3 Å². The molecule has 6 heteroatoms. The topological polar surface area (TPSA) is 56.1 Å². The number of hydrogen-bond acceptors (Lipinski definition) is 5. The molecule has 2 heterocycles. The van der Waals surface area contributed by atoms with Crippen molar-refractivity contribution < 1.29 is 4.74 Å². The van der Waals surface area contributed by atoms with Gasteiger partial charge in [0.2, 0.25) is 0 Å². The molecule has 3 rings (SSSR count). The zero-order valence-electron chi connectivity index (χ0n) is 10.2. The van der Waals surface area contributed by atoms with Crippen molar-refractivity contribution >= 4 is 5.95 Å². The second-order valence-electron chi connectivity index (χ2n) is 4.35. The maximum atomic E-state index is 5.53. The molecule has 0 amide bonds. The Morgan fingerprint density at radius 3 is 2.89 bits per heavy atom. The third kappa shape index (κ3) is 2.06. The highest BCUT2D eigenvalue weighted by molar-refractivity contribution is 5.40. The fourth-order valence-electron chi connectivity index (χ4n) is 2.12. The molecule has 0 aliphatic carbocycles. The van der Waals surface area contributed by atoms with E-state index in [1.165, 1.54) is 0 Å². The van der Waals surface area contributed by atoms with Gasteiger partial charge in [-0.05, 0) is 29.5 Å². The van der Waals surface area contributed by atoms with Crippen LogP contribution in [0.25, 0.3) is 5.69 Å². The van der Waals surface area contributed by atoms with Crippen LogP contribution in [0, 0.1) is 0 Å². The first kappa shape index (κ1) is 11.2. The second kappa shape index (κ2) is 4.73. The molecular formula is C12H15N5O. The van der Waals surface area contributed by atoms with Crippen LogP contribution in [0.15, 0.2) is 30.3 Å². The number of morpholine rings is 1. The molecule has 0 spiro atoms. The van der Waals surface area contributed by atoms with Gasteiger partial charge in [-0.25, -0.2) is 0 Å². The van der Waals surface area contributed by atoms with Gasteiger partial charge in [0.25, 0.3) is 5.95 Å². The van der Waals surface area contributed by atoms with Gasteiger partial charge in [0.05, 0.1) is 18.4 Å². The summed E-state index contributed by atoms with van der Waals surface area (Å²) in [6.07, 6.45) is 0.208. The molecule has 0 saturated carbocycles. The SMILES string of the molecule is CC1CN(c2nnnn2-c2ccccc2)CCO1. The Morgan fingerprint density at radius 2 is 2.11 bits per heavy atom. The minimum atomic E-state index is 0.208. The molecule has 1 aromatic carbocycles. The summed E-state index contributed by atoms with van der Waals surface area (Å²) in [5, 5.41) is 12.0. The summed E-state index contributed by atoms with van der Waals surface area (Å²) < 4.78 is 7.29. The van der Waals surface area contributed by atoms with Crippen LogP contribution in [0.1, 0.15) is 6.92 Å². The van der Waals surface area contributed by atoms with E-state index < -0.39 is 0 Å². The predicted octanol–water partition coefficient (Wildman–Crippen LogP) is 0.887. The zero-order valence-corrected chi connectivity index (χ0v) is 10.2. The van der Waals surface area contributed by atoms with Crippen molar-refractivity contribution in [1.29, 1.82) is 0 Å². The van der Waals surface area contributed by atoms with Gasteiger partial charge in [-0.2, -0.15) is 4.68 Å². The average Bonchev–Trinajstić information content (AvgIpc) is 2.89. The van der Waals surface area contributed by atoms with Gasteiger partial charge >= 0.3 is 0 Å². The quantitative estimate of drug-likeness (QED) is 0.786. The lowest BCUT2D eigenvalue weighted by atomic mass is 10.3. The Hall–Kier alpha value is -1.95. The Bertz CT molecular complexity index is 512. The lowest BCUT2D eigenvalue weighted by molar-refractivity contribution is 0.0525. The maximum absolute atomic E-state index is 5.53. The van der Waals surface area contributed by atoms with E-state index in [1.54, 1.807) is 4.68 Å². The number of hydrogen-bond donors (Lipinski definition) is 0. The van der Waals surface area contributed by atoms with Crippen molar-refractivity contribution in [3.05, 3.63) is 30.3 Å². The van der Waals surface area contributed by atoms with Crippen molar-refractivity contribution in [2.45, 2.75) is 13.0 Å². The summed E-state index contributed by atoms with van der Waals surface area (Å²) in [5.74, 6) is 0.774. The summed E-state index contributed by atoms with van der Waals surface area (Å²) in [7, 11) is 0. The minimum Gasteiger partial charge on any atom is -0.375 e. The van der Waals surface area contributed by atoms with Crippen LogP contribution >= 0.6 is 0 Å². The fourth-order valence-corrected chi connectivity index (χ4v) is 2.12. The molecule has 2 aromatic rings. The number of benzene rings is 1. The van der Waals surface area contributed by atoms with Crippen LogP contribution in [-0.4, -0.2) is 46.0 Å². The van der Waals surface area contributed by atoms with Crippen molar-refractivity contribution in [3.8, 4) is 5.69 Å². The number of anilines is 1. The average molecular weight is 245 g/mol. The Morgan fingerprint density at radius 1 is 1.28 bits per heavy atom. The molecule has 0 radical (unpaired) electrons. The van der Waals surface area contributed by atoms with Crippen LogP contribution in [0.3, 0.4) is 0 Å². The Kier molecular flexibility index (Phi) is 2.93. The predicted molar refractivity (Wildman–Crippen MR) is 66.8 cm³/mol. The van der Waals surface area contributed by atoms with Crippen molar-refractivity contribution in [3.63, 3.8) is 0 Å². The first-order chi connectivity index (χ1) is 8.84. The number of nitrogens with zero attached hydrogens (tertiary/aromatic N) is 5. The molecule has 0 bridgehead atoms. The highest BCUT2D eigenvalue weighted by Gasteiger charge is 2.22. The number of para-hydroxylation sites is 1. The monoisotopic (exact) mass is 245 g/mol. The third-order valence-electron chi connectivity index (χ3n) is 2.98. The molecule has 1 saturated heterocycles. The summed E-state index contributed by atoms with van der Waals surface area (Å²) in [6.45, 7) is 4.40. The Balaban J connectivity index is 1.92. The largest absolute Gasteiger partial charge is 0.375 e. The molecule has 1 unspecified atom stereocenters. The molecule has 94 valence electrons. The third-order valence-corrected chi connectivity index (χ3v) is 2.98. The molecule has 1 fully saturated rings. The van der Waals surface area contributed by atoms with Gasteiger partial charge in [-0.15, -0.1) is 0 Å². The first-order valence-electron chi connectivity index (χ1n) is 6.05. The van der Waals surface area contributed by atoms with Crippen LogP contribution < -0.4 is 4.90 Å². The summed E-state index contributed by atoms with van der Waals surface area (Å²) in [4.78, 5) is 2.15. The molecule has 1 aliphatic rings. The molecule has 0 N–H and O–H groups in total. The number of rotatable bonds is 2. The first-order valence-corrected chi connectivity index (χ1v) is 6.05. The zero-order chi connectivity index (χ0) is 12.4. The fraction of sp³-hybridized carbons (Fsp3) is 0.417. The van der Waals surface area contributed by atoms with Crippen LogP contribution in [0.5, 0.6) is 0 Å². The van der Waals surface area contributed by atoms with Crippen molar-refractivity contribution in [2.24, 2.45) is 0 Å². The van der Waals surface area contributed by atoms with E-state index in [2.05, 4.69) is 27.3 Å². The standard InChI is InChI=1S/C12H15N5O/c1-10-9-16(7-8-18-10)12-13-14-15-17(12)11-5-3-2-4-6-11/h2-6,10H,7-9H2,1H3. The smallest absolute Gasteiger partial charge is 0.250 e. The van der Waals surface area contributed by atoms with Gasteiger partial charge < -0.3 is 9.64 Å². The van der Waals surface area contributed by atoms with Crippen LogP contribution in [0.4, 0.5) is 5.95 Å².